The maximum absolute atomic E-state index is 13.0. The summed E-state index contributed by atoms with van der Waals surface area (Å²) in [6.45, 7) is 1.55. The van der Waals surface area contributed by atoms with E-state index in [1.807, 2.05) is 12.1 Å². The molecule has 1 N–H and O–H groups in total. The molecular weight excluding hydrogens is 416 g/mol. The molecule has 0 atom stereocenters. The normalized spacial score (nSPS) is 10.9. The molecule has 7 nitrogen and oxygen atoms in total. The zero-order valence-electron chi connectivity index (χ0n) is 16.9. The molecule has 3 aromatic carbocycles. The maximum Gasteiger partial charge on any atom is 0.338 e. The van der Waals surface area contributed by atoms with E-state index in [0.717, 1.165) is 0 Å². The lowest BCUT2D eigenvalue weighted by molar-refractivity contribution is -0.119. The topological polar surface area (TPSA) is 92.8 Å². The summed E-state index contributed by atoms with van der Waals surface area (Å²) in [7, 11) is -3.79. The van der Waals surface area contributed by atoms with E-state index in [0.29, 0.717) is 11.4 Å². The van der Waals surface area contributed by atoms with Crippen molar-refractivity contribution in [3.05, 3.63) is 90.5 Å². The van der Waals surface area contributed by atoms with Crippen LogP contribution in [0.25, 0.3) is 0 Å². The van der Waals surface area contributed by atoms with Crippen molar-refractivity contribution in [1.29, 1.82) is 0 Å². The molecule has 0 unspecified atom stereocenters. The average molecular weight is 439 g/mol. The molecule has 0 saturated heterocycles. The molecule has 0 spiro atoms. The van der Waals surface area contributed by atoms with Crippen molar-refractivity contribution < 1.29 is 22.7 Å². The smallest absolute Gasteiger partial charge is 0.338 e. The van der Waals surface area contributed by atoms with Gasteiger partial charge < -0.3 is 10.1 Å². The minimum Gasteiger partial charge on any atom is -0.452 e. The first-order chi connectivity index (χ1) is 14.9. The number of carbonyl (C=O) groups excluding carboxylic acids is 2. The Balaban J connectivity index is 1.65. The number of amides is 1. The van der Waals surface area contributed by atoms with Gasteiger partial charge >= 0.3 is 5.97 Å². The molecule has 0 fully saturated rings. The number of esters is 1. The number of rotatable bonds is 8. The number of anilines is 2. The summed E-state index contributed by atoms with van der Waals surface area (Å²) in [6, 6.07) is 23.0. The molecule has 0 saturated carbocycles. The first kappa shape index (κ1) is 22.0. The van der Waals surface area contributed by atoms with Crippen molar-refractivity contribution >= 4 is 33.3 Å². The van der Waals surface area contributed by atoms with Gasteiger partial charge in [-0.1, -0.05) is 36.4 Å². The summed E-state index contributed by atoms with van der Waals surface area (Å²) >= 11 is 0. The Morgan fingerprint density at radius 3 is 2.03 bits per heavy atom. The lowest BCUT2D eigenvalue weighted by Gasteiger charge is -2.22. The van der Waals surface area contributed by atoms with Crippen molar-refractivity contribution in [2.24, 2.45) is 0 Å². The van der Waals surface area contributed by atoms with Crippen molar-refractivity contribution in [2.45, 2.75) is 11.8 Å². The first-order valence-electron chi connectivity index (χ1n) is 9.61. The van der Waals surface area contributed by atoms with Crippen molar-refractivity contribution in [2.75, 3.05) is 22.8 Å². The molecule has 0 aromatic heterocycles. The van der Waals surface area contributed by atoms with Gasteiger partial charge in [0.1, 0.15) is 0 Å². The van der Waals surface area contributed by atoms with E-state index in [1.54, 1.807) is 55.5 Å². The van der Waals surface area contributed by atoms with Crippen molar-refractivity contribution in [3.63, 3.8) is 0 Å². The third-order valence-corrected chi connectivity index (χ3v) is 6.32. The van der Waals surface area contributed by atoms with Gasteiger partial charge in [-0.3, -0.25) is 9.10 Å². The second-order valence-corrected chi connectivity index (χ2v) is 8.38. The van der Waals surface area contributed by atoms with Crippen LogP contribution in [0, 0.1) is 0 Å². The average Bonchev–Trinajstić information content (AvgIpc) is 2.79. The van der Waals surface area contributed by atoms with E-state index in [-0.39, 0.29) is 17.0 Å². The van der Waals surface area contributed by atoms with Gasteiger partial charge in [0, 0.05) is 12.2 Å². The van der Waals surface area contributed by atoms with Gasteiger partial charge in [-0.25, -0.2) is 13.2 Å². The number of carbonyl (C=O) groups is 2. The Bertz CT molecular complexity index is 1130. The number of ether oxygens (including phenoxy) is 1. The Kier molecular flexibility index (Phi) is 7.04. The minimum absolute atomic E-state index is 0.0524. The number of nitrogens with one attached hydrogen (secondary N) is 1. The van der Waals surface area contributed by atoms with Gasteiger partial charge in [-0.2, -0.15) is 0 Å². The van der Waals surface area contributed by atoms with E-state index in [1.165, 1.54) is 28.6 Å². The van der Waals surface area contributed by atoms with Crippen molar-refractivity contribution in [1.82, 2.24) is 0 Å². The summed E-state index contributed by atoms with van der Waals surface area (Å²) < 4.78 is 32.3. The molecular formula is C23H22N2O5S. The molecule has 3 rings (SSSR count). The maximum atomic E-state index is 13.0. The second-order valence-electron chi connectivity index (χ2n) is 6.52. The summed E-state index contributed by atoms with van der Waals surface area (Å²) in [6.07, 6.45) is 0. The molecule has 3 aromatic rings. The van der Waals surface area contributed by atoms with Gasteiger partial charge in [0.05, 0.1) is 16.1 Å². The van der Waals surface area contributed by atoms with Crippen LogP contribution in [0.3, 0.4) is 0 Å². The molecule has 160 valence electrons. The monoisotopic (exact) mass is 438 g/mol. The highest BCUT2D eigenvalue weighted by Crippen LogP contribution is 2.23. The molecule has 0 heterocycles. The van der Waals surface area contributed by atoms with Crippen molar-refractivity contribution in [3.8, 4) is 0 Å². The fourth-order valence-electron chi connectivity index (χ4n) is 2.91. The Labute approximate surface area is 181 Å². The highest BCUT2D eigenvalue weighted by molar-refractivity contribution is 7.92. The lowest BCUT2D eigenvalue weighted by atomic mass is 10.2. The standard InChI is InChI=1S/C23H22N2O5S/c1-2-25(20-11-7-4-8-12-20)31(28,29)21-15-13-18(14-16-21)23(27)30-17-22(26)24-19-9-5-3-6-10-19/h3-16H,2,17H2,1H3,(H,24,26). The molecule has 0 radical (unpaired) electrons. The van der Waals surface area contributed by atoms with Crippen LogP contribution in [-0.2, 0) is 19.6 Å². The molecule has 0 bridgehead atoms. The van der Waals surface area contributed by atoms with Crippen LogP contribution in [-0.4, -0.2) is 33.4 Å². The van der Waals surface area contributed by atoms with Crippen LogP contribution in [0.1, 0.15) is 17.3 Å². The fourth-order valence-corrected chi connectivity index (χ4v) is 4.38. The Morgan fingerprint density at radius 2 is 1.45 bits per heavy atom. The van der Waals surface area contributed by atoms with Crippen LogP contribution >= 0.6 is 0 Å². The van der Waals surface area contributed by atoms with Crippen LogP contribution in [0.2, 0.25) is 0 Å². The van der Waals surface area contributed by atoms with Crippen LogP contribution < -0.4 is 9.62 Å². The predicted octanol–water partition coefficient (Wildman–Crippen LogP) is 3.70. The number of benzene rings is 3. The summed E-state index contributed by atoms with van der Waals surface area (Å²) in [5, 5.41) is 2.61. The fraction of sp³-hybridized carbons (Fsp3) is 0.130. The van der Waals surface area contributed by atoms with Crippen LogP contribution in [0.15, 0.2) is 89.8 Å². The highest BCUT2D eigenvalue weighted by Gasteiger charge is 2.24. The number of sulfonamides is 1. The zero-order valence-corrected chi connectivity index (χ0v) is 17.7. The highest BCUT2D eigenvalue weighted by atomic mass is 32.2. The van der Waals surface area contributed by atoms with Crippen LogP contribution in [0.4, 0.5) is 11.4 Å². The third kappa shape index (κ3) is 5.49. The van der Waals surface area contributed by atoms with Gasteiger partial charge in [0.2, 0.25) is 0 Å². The summed E-state index contributed by atoms with van der Waals surface area (Å²) in [5.74, 6) is -1.19. The van der Waals surface area contributed by atoms with E-state index < -0.39 is 28.5 Å². The van der Waals surface area contributed by atoms with E-state index >= 15 is 0 Å². The van der Waals surface area contributed by atoms with E-state index in [4.69, 9.17) is 4.74 Å². The van der Waals surface area contributed by atoms with E-state index in [2.05, 4.69) is 5.32 Å². The quantitative estimate of drug-likeness (QED) is 0.542. The zero-order chi connectivity index (χ0) is 22.3. The van der Waals surface area contributed by atoms with Gasteiger partial charge in [-0.15, -0.1) is 0 Å². The number of para-hydroxylation sites is 2. The second kappa shape index (κ2) is 9.90. The molecule has 1 amide bonds. The number of hydrogen-bond acceptors (Lipinski definition) is 5. The minimum atomic E-state index is -3.79. The molecule has 0 aliphatic heterocycles. The lowest BCUT2D eigenvalue weighted by Crippen LogP contribution is -2.30. The third-order valence-electron chi connectivity index (χ3n) is 4.40. The first-order valence-corrected chi connectivity index (χ1v) is 11.1. The van der Waals surface area contributed by atoms with E-state index in [9.17, 15) is 18.0 Å². The Hall–Kier alpha value is -3.65. The summed E-state index contributed by atoms with van der Waals surface area (Å²) in [5.41, 5.74) is 1.30. The molecule has 0 aliphatic carbocycles. The predicted molar refractivity (Wildman–Crippen MR) is 118 cm³/mol. The van der Waals surface area contributed by atoms with Gasteiger partial charge in [0.15, 0.2) is 6.61 Å². The van der Waals surface area contributed by atoms with Gasteiger partial charge in [0.25, 0.3) is 15.9 Å². The molecule has 8 heteroatoms. The molecule has 31 heavy (non-hydrogen) atoms. The summed E-state index contributed by atoms with van der Waals surface area (Å²) in [4.78, 5) is 24.2. The number of nitrogens with zero attached hydrogens (tertiary/aromatic N) is 1. The SMILES string of the molecule is CCN(c1ccccc1)S(=O)(=O)c1ccc(C(=O)OCC(=O)Nc2ccccc2)cc1. The Morgan fingerprint density at radius 1 is 0.871 bits per heavy atom. The molecule has 0 aliphatic rings. The number of hydrogen-bond donors (Lipinski definition) is 1. The van der Waals surface area contributed by atoms with Gasteiger partial charge in [-0.05, 0) is 55.5 Å². The largest absolute Gasteiger partial charge is 0.452 e. The van der Waals surface area contributed by atoms with Crippen LogP contribution in [0.5, 0.6) is 0 Å².